The summed E-state index contributed by atoms with van der Waals surface area (Å²) in [5.41, 5.74) is 0.759. The normalized spacial score (nSPS) is 18.6. The molecule has 0 spiro atoms. The Kier molecular flexibility index (Phi) is 6.56. The van der Waals surface area contributed by atoms with E-state index in [1.54, 1.807) is 4.90 Å². The number of para-hydroxylation sites is 1. The first-order valence-electron chi connectivity index (χ1n) is 8.80. The molecule has 0 aliphatic carbocycles. The zero-order valence-electron chi connectivity index (χ0n) is 15.1. The van der Waals surface area contributed by atoms with Crippen molar-refractivity contribution in [3.05, 3.63) is 30.3 Å². The van der Waals surface area contributed by atoms with Gasteiger partial charge in [0.15, 0.2) is 0 Å². The Morgan fingerprint density at radius 3 is 2.44 bits per heavy atom. The first kappa shape index (κ1) is 19.0. The predicted molar refractivity (Wildman–Crippen MR) is 96.8 cm³/mol. The van der Waals surface area contributed by atoms with Crippen LogP contribution in [0, 0.1) is 11.8 Å². The van der Waals surface area contributed by atoms with E-state index in [1.165, 1.54) is 6.92 Å². The molecule has 1 aromatic rings. The molecule has 0 unspecified atom stereocenters. The lowest BCUT2D eigenvalue weighted by atomic mass is 9.95. The number of likely N-dealkylation sites (tertiary alicyclic amines) is 1. The third-order valence-electron chi connectivity index (χ3n) is 4.44. The largest absolute Gasteiger partial charge is 0.344 e. The minimum absolute atomic E-state index is 0.00470. The molecule has 2 atom stereocenters. The van der Waals surface area contributed by atoms with Gasteiger partial charge in [0.25, 0.3) is 0 Å². The fourth-order valence-corrected chi connectivity index (χ4v) is 3.09. The van der Waals surface area contributed by atoms with Crippen LogP contribution in [0.1, 0.15) is 33.6 Å². The van der Waals surface area contributed by atoms with Crippen LogP contribution < -0.4 is 10.6 Å². The lowest BCUT2D eigenvalue weighted by Crippen LogP contribution is -2.54. The summed E-state index contributed by atoms with van der Waals surface area (Å²) in [7, 11) is 0. The average molecular weight is 345 g/mol. The molecule has 1 aliphatic rings. The van der Waals surface area contributed by atoms with Crippen molar-refractivity contribution in [2.45, 2.75) is 39.7 Å². The van der Waals surface area contributed by atoms with Gasteiger partial charge in [-0.05, 0) is 30.9 Å². The summed E-state index contributed by atoms with van der Waals surface area (Å²) in [5, 5.41) is 5.64. The second-order valence-corrected chi connectivity index (χ2v) is 6.90. The van der Waals surface area contributed by atoms with Crippen LogP contribution in [-0.2, 0) is 14.4 Å². The third kappa shape index (κ3) is 5.31. The highest BCUT2D eigenvalue weighted by Crippen LogP contribution is 2.20. The summed E-state index contributed by atoms with van der Waals surface area (Å²) in [6.45, 7) is 6.23. The van der Waals surface area contributed by atoms with Crippen molar-refractivity contribution in [2.24, 2.45) is 11.8 Å². The molecule has 136 valence electrons. The number of rotatable bonds is 5. The van der Waals surface area contributed by atoms with Gasteiger partial charge in [0, 0.05) is 25.7 Å². The molecular formula is C19H27N3O3. The van der Waals surface area contributed by atoms with Crippen molar-refractivity contribution < 1.29 is 14.4 Å². The zero-order chi connectivity index (χ0) is 18.4. The van der Waals surface area contributed by atoms with E-state index in [2.05, 4.69) is 10.6 Å². The second-order valence-electron chi connectivity index (χ2n) is 6.90. The molecule has 6 heteroatoms. The van der Waals surface area contributed by atoms with Crippen LogP contribution >= 0.6 is 0 Å². The minimum atomic E-state index is -0.548. The molecule has 1 aromatic carbocycles. The van der Waals surface area contributed by atoms with Gasteiger partial charge in [-0.2, -0.15) is 0 Å². The Labute approximate surface area is 149 Å². The first-order chi connectivity index (χ1) is 11.9. The second kappa shape index (κ2) is 8.65. The molecule has 0 saturated carbocycles. The maximum Gasteiger partial charge on any atom is 0.245 e. The van der Waals surface area contributed by atoms with Gasteiger partial charge in [-0.15, -0.1) is 0 Å². The molecule has 6 nitrogen and oxygen atoms in total. The smallest absolute Gasteiger partial charge is 0.245 e. The van der Waals surface area contributed by atoms with Crippen LogP contribution in [0.2, 0.25) is 0 Å². The van der Waals surface area contributed by atoms with Gasteiger partial charge >= 0.3 is 0 Å². The third-order valence-corrected chi connectivity index (χ3v) is 4.44. The number of benzene rings is 1. The van der Waals surface area contributed by atoms with Crippen molar-refractivity contribution >= 4 is 23.4 Å². The Morgan fingerprint density at radius 1 is 1.16 bits per heavy atom. The van der Waals surface area contributed by atoms with Gasteiger partial charge in [0.1, 0.15) is 6.04 Å². The van der Waals surface area contributed by atoms with Gasteiger partial charge in [-0.25, -0.2) is 0 Å². The highest BCUT2D eigenvalue weighted by atomic mass is 16.2. The minimum Gasteiger partial charge on any atom is -0.344 e. The van der Waals surface area contributed by atoms with Crippen molar-refractivity contribution in [3.8, 4) is 0 Å². The lowest BCUT2D eigenvalue weighted by molar-refractivity contribution is -0.140. The van der Waals surface area contributed by atoms with Crippen molar-refractivity contribution in [1.82, 2.24) is 10.2 Å². The Bertz CT molecular complexity index is 616. The topological polar surface area (TPSA) is 78.5 Å². The van der Waals surface area contributed by atoms with Crippen LogP contribution in [0.25, 0.3) is 0 Å². The number of anilines is 1. The average Bonchev–Trinajstić information content (AvgIpc) is 2.59. The molecule has 3 amide bonds. The van der Waals surface area contributed by atoms with E-state index >= 15 is 0 Å². The van der Waals surface area contributed by atoms with Gasteiger partial charge in [-0.3, -0.25) is 14.4 Å². The van der Waals surface area contributed by atoms with Crippen LogP contribution in [0.15, 0.2) is 30.3 Å². The number of hydrogen-bond donors (Lipinski definition) is 2. The monoisotopic (exact) mass is 345 g/mol. The molecule has 0 radical (unpaired) electrons. The molecule has 0 aromatic heterocycles. The maximum atomic E-state index is 12.8. The van der Waals surface area contributed by atoms with Crippen molar-refractivity contribution in [2.75, 3.05) is 18.4 Å². The fraction of sp³-hybridized carbons (Fsp3) is 0.526. The number of carbonyl (C=O) groups excluding carboxylic acids is 3. The molecule has 0 bridgehead atoms. The summed E-state index contributed by atoms with van der Waals surface area (Å²) in [6.07, 6.45) is 1.54. The number of piperidine rings is 1. The zero-order valence-corrected chi connectivity index (χ0v) is 15.1. The first-order valence-corrected chi connectivity index (χ1v) is 8.80. The molecule has 2 rings (SSSR count). The highest BCUT2D eigenvalue weighted by Gasteiger charge is 2.33. The van der Waals surface area contributed by atoms with Crippen LogP contribution in [0.3, 0.4) is 0 Å². The molecule has 1 aliphatic heterocycles. The Balaban J connectivity index is 2.00. The van der Waals surface area contributed by atoms with E-state index < -0.39 is 6.04 Å². The molecular weight excluding hydrogens is 318 g/mol. The Hall–Kier alpha value is -2.37. The van der Waals surface area contributed by atoms with E-state index in [0.717, 1.165) is 18.5 Å². The van der Waals surface area contributed by atoms with Gasteiger partial charge in [0.2, 0.25) is 17.7 Å². The fourth-order valence-electron chi connectivity index (χ4n) is 3.09. The maximum absolute atomic E-state index is 12.8. The quantitative estimate of drug-likeness (QED) is 0.857. The van der Waals surface area contributed by atoms with E-state index in [4.69, 9.17) is 0 Å². The molecule has 1 heterocycles. The van der Waals surface area contributed by atoms with Gasteiger partial charge < -0.3 is 15.5 Å². The van der Waals surface area contributed by atoms with E-state index in [1.807, 2.05) is 44.2 Å². The van der Waals surface area contributed by atoms with Crippen molar-refractivity contribution in [1.29, 1.82) is 0 Å². The summed E-state index contributed by atoms with van der Waals surface area (Å²) in [4.78, 5) is 38.4. The van der Waals surface area contributed by atoms with E-state index in [-0.39, 0.29) is 29.6 Å². The number of carbonyl (C=O) groups is 3. The molecule has 2 N–H and O–H groups in total. The number of amides is 3. The van der Waals surface area contributed by atoms with Crippen molar-refractivity contribution in [3.63, 3.8) is 0 Å². The summed E-state index contributed by atoms with van der Waals surface area (Å²) in [5.74, 6) is -0.632. The summed E-state index contributed by atoms with van der Waals surface area (Å²) >= 11 is 0. The standard InChI is InChI=1S/C19H27N3O3/c1-13(2)17(20-14(3)23)19(25)22-11-7-8-15(12-22)18(24)21-16-9-5-4-6-10-16/h4-6,9-10,13,15,17H,7-8,11-12H2,1-3H3,(H,20,23)(H,21,24)/t15-,17+/m1/s1. The number of hydrogen-bond acceptors (Lipinski definition) is 3. The van der Waals surface area contributed by atoms with Crippen LogP contribution in [0.4, 0.5) is 5.69 Å². The SMILES string of the molecule is CC(=O)N[C@H](C(=O)N1CCC[C@@H](C(=O)Nc2ccccc2)C1)C(C)C. The number of nitrogens with zero attached hydrogens (tertiary/aromatic N) is 1. The van der Waals surface area contributed by atoms with E-state index in [0.29, 0.717) is 13.1 Å². The highest BCUT2D eigenvalue weighted by molar-refractivity contribution is 5.93. The number of nitrogens with one attached hydrogen (secondary N) is 2. The van der Waals surface area contributed by atoms with Gasteiger partial charge in [0.05, 0.1) is 5.92 Å². The summed E-state index contributed by atoms with van der Waals surface area (Å²) in [6, 6.07) is 8.77. The summed E-state index contributed by atoms with van der Waals surface area (Å²) < 4.78 is 0. The molecule has 25 heavy (non-hydrogen) atoms. The van der Waals surface area contributed by atoms with Crippen LogP contribution in [0.5, 0.6) is 0 Å². The Morgan fingerprint density at radius 2 is 1.84 bits per heavy atom. The van der Waals surface area contributed by atoms with E-state index in [9.17, 15) is 14.4 Å². The molecule has 1 saturated heterocycles. The lowest BCUT2D eigenvalue weighted by Gasteiger charge is -2.35. The predicted octanol–water partition coefficient (Wildman–Crippen LogP) is 2.02. The molecule has 1 fully saturated rings. The van der Waals surface area contributed by atoms with Crippen LogP contribution in [-0.4, -0.2) is 41.8 Å². The van der Waals surface area contributed by atoms with Gasteiger partial charge in [-0.1, -0.05) is 32.0 Å².